The van der Waals surface area contributed by atoms with E-state index in [9.17, 15) is 0 Å². The summed E-state index contributed by atoms with van der Waals surface area (Å²) in [6, 6.07) is 1.66. The van der Waals surface area contributed by atoms with Crippen LogP contribution >= 0.6 is 0 Å². The second-order valence-corrected chi connectivity index (χ2v) is 5.87. The number of hydrogen-bond acceptors (Lipinski definition) is 5. The number of rotatable bonds is 2. The van der Waals surface area contributed by atoms with Crippen LogP contribution in [0, 0.1) is 11.8 Å². The minimum Gasteiger partial charge on any atom is -0.473 e. The van der Waals surface area contributed by atoms with E-state index < -0.39 is 11.9 Å². The molecule has 2 bridgehead atoms. The summed E-state index contributed by atoms with van der Waals surface area (Å²) in [6.45, 7) is 1.71. The van der Waals surface area contributed by atoms with Gasteiger partial charge in [0.2, 0.25) is 0 Å². The smallest absolute Gasteiger partial charge is 0.414 e. The molecule has 0 aromatic rings. The molecular weight excluding hydrogens is 300 g/mol. The second kappa shape index (κ2) is 8.53. The third-order valence-electron chi connectivity index (χ3n) is 4.38. The summed E-state index contributed by atoms with van der Waals surface area (Å²) < 4.78 is 0. The van der Waals surface area contributed by atoms with Crippen molar-refractivity contribution in [1.82, 2.24) is 4.90 Å². The van der Waals surface area contributed by atoms with Crippen molar-refractivity contribution < 1.29 is 24.6 Å². The molecule has 0 spiro atoms. The Hall–Kier alpha value is -2.07. The highest BCUT2D eigenvalue weighted by molar-refractivity contribution is 6.27. The van der Waals surface area contributed by atoms with Gasteiger partial charge in [-0.15, -0.1) is 0 Å². The molecule has 7 heteroatoms. The fourth-order valence-corrected chi connectivity index (χ4v) is 3.26. The lowest BCUT2D eigenvalue weighted by Crippen LogP contribution is -2.39. The van der Waals surface area contributed by atoms with Gasteiger partial charge in [-0.25, -0.2) is 9.59 Å². The first-order valence-electron chi connectivity index (χ1n) is 7.93. The number of oxime groups is 1. The van der Waals surface area contributed by atoms with Gasteiger partial charge in [0, 0.05) is 18.5 Å². The van der Waals surface area contributed by atoms with Gasteiger partial charge < -0.3 is 15.1 Å². The molecule has 7 nitrogen and oxygen atoms in total. The molecule has 0 aliphatic carbocycles. The summed E-state index contributed by atoms with van der Waals surface area (Å²) in [5.74, 6) is 2.92. The number of carboxylic acids is 2. The largest absolute Gasteiger partial charge is 0.473 e. The highest BCUT2D eigenvalue weighted by atomic mass is 16.6. The van der Waals surface area contributed by atoms with Crippen LogP contribution in [-0.2, 0) is 14.4 Å². The van der Waals surface area contributed by atoms with Crippen molar-refractivity contribution in [1.29, 1.82) is 0 Å². The van der Waals surface area contributed by atoms with Crippen LogP contribution in [0.5, 0.6) is 0 Å². The maximum Gasteiger partial charge on any atom is 0.414 e. The SMILES string of the molecule is C(#CCN1C2CCCC1CC2)CC1=NOCC1.O=C(O)C(=O)O. The summed E-state index contributed by atoms with van der Waals surface area (Å²) in [4.78, 5) is 25.8. The van der Waals surface area contributed by atoms with Crippen molar-refractivity contribution in [2.75, 3.05) is 13.2 Å². The van der Waals surface area contributed by atoms with E-state index in [2.05, 4.69) is 21.9 Å². The Morgan fingerprint density at radius 3 is 2.30 bits per heavy atom. The number of aliphatic carboxylic acids is 2. The Morgan fingerprint density at radius 1 is 1.13 bits per heavy atom. The fourth-order valence-electron chi connectivity index (χ4n) is 3.26. The van der Waals surface area contributed by atoms with Crippen LogP contribution in [0.4, 0.5) is 0 Å². The Kier molecular flexibility index (Phi) is 6.41. The molecule has 2 atom stereocenters. The average Bonchev–Trinajstić information content (AvgIpc) is 3.10. The van der Waals surface area contributed by atoms with Crippen molar-refractivity contribution in [3.63, 3.8) is 0 Å². The molecule has 0 saturated carbocycles. The maximum absolute atomic E-state index is 9.10. The molecule has 3 heterocycles. The van der Waals surface area contributed by atoms with E-state index >= 15 is 0 Å². The Bertz CT molecular complexity index is 506. The molecule has 126 valence electrons. The standard InChI is InChI=1S/C14H20N2O.C2H2O4/c1(4-12-9-11-17-15-12)2-10-16-13-5-3-6-14(16)8-7-13;3-1(4)2(5)6/h13-14H,3-11H2;(H,3,4)(H,5,6). The third-order valence-corrected chi connectivity index (χ3v) is 4.38. The molecule has 0 amide bonds. The van der Waals surface area contributed by atoms with Crippen LogP contribution in [0.1, 0.15) is 44.9 Å². The van der Waals surface area contributed by atoms with Crippen molar-refractivity contribution in [2.45, 2.75) is 57.0 Å². The third kappa shape index (κ3) is 5.25. The first-order chi connectivity index (χ1) is 11.1. The normalized spacial score (nSPS) is 25.3. The number of nitrogens with zero attached hydrogens (tertiary/aromatic N) is 2. The number of hydrogen-bond donors (Lipinski definition) is 2. The van der Waals surface area contributed by atoms with Gasteiger partial charge in [0.1, 0.15) is 6.61 Å². The summed E-state index contributed by atoms with van der Waals surface area (Å²) in [6.07, 6.45) is 8.75. The van der Waals surface area contributed by atoms with E-state index in [-0.39, 0.29) is 0 Å². The second-order valence-electron chi connectivity index (χ2n) is 5.87. The lowest BCUT2D eigenvalue weighted by atomic mass is 10.0. The molecule has 0 aromatic heterocycles. The fraction of sp³-hybridized carbons (Fsp3) is 0.688. The first kappa shape index (κ1) is 17.3. The quantitative estimate of drug-likeness (QED) is 0.588. The Balaban J connectivity index is 0.000000277. The molecular formula is C16H22N2O5. The van der Waals surface area contributed by atoms with Crippen molar-refractivity contribution in [2.24, 2.45) is 5.16 Å². The highest BCUT2D eigenvalue weighted by Gasteiger charge is 2.35. The summed E-state index contributed by atoms with van der Waals surface area (Å²) in [7, 11) is 0. The molecule has 2 saturated heterocycles. The molecule has 3 aliphatic rings. The van der Waals surface area contributed by atoms with Gasteiger partial charge in [0.05, 0.1) is 18.7 Å². The first-order valence-corrected chi connectivity index (χ1v) is 7.93. The van der Waals surface area contributed by atoms with Gasteiger partial charge in [-0.3, -0.25) is 4.90 Å². The topological polar surface area (TPSA) is 99.4 Å². The minimum atomic E-state index is -1.82. The van der Waals surface area contributed by atoms with E-state index in [0.29, 0.717) is 0 Å². The predicted octanol–water partition coefficient (Wildman–Crippen LogP) is 1.33. The van der Waals surface area contributed by atoms with Crippen LogP contribution in [0.2, 0.25) is 0 Å². The molecule has 2 fully saturated rings. The Labute approximate surface area is 135 Å². The van der Waals surface area contributed by atoms with Crippen LogP contribution in [0.25, 0.3) is 0 Å². The number of fused-ring (bicyclic) bond motifs is 2. The summed E-state index contributed by atoms with van der Waals surface area (Å²) in [5.41, 5.74) is 1.11. The van der Waals surface area contributed by atoms with E-state index in [0.717, 1.165) is 43.8 Å². The summed E-state index contributed by atoms with van der Waals surface area (Å²) >= 11 is 0. The Morgan fingerprint density at radius 2 is 1.78 bits per heavy atom. The van der Waals surface area contributed by atoms with Gasteiger partial charge in [-0.1, -0.05) is 23.4 Å². The number of carboxylic acid groups (broad SMARTS) is 2. The van der Waals surface area contributed by atoms with Gasteiger partial charge in [-0.05, 0) is 25.7 Å². The molecule has 2 N–H and O–H groups in total. The lowest BCUT2D eigenvalue weighted by Gasteiger charge is -2.32. The van der Waals surface area contributed by atoms with Gasteiger partial charge in [0.25, 0.3) is 0 Å². The molecule has 3 aliphatic heterocycles. The predicted molar refractivity (Wildman–Crippen MR) is 83.0 cm³/mol. The highest BCUT2D eigenvalue weighted by Crippen LogP contribution is 2.34. The molecule has 0 aromatic carbocycles. The van der Waals surface area contributed by atoms with E-state index in [1.165, 1.54) is 32.1 Å². The van der Waals surface area contributed by atoms with Crippen molar-refractivity contribution in [3.05, 3.63) is 0 Å². The van der Waals surface area contributed by atoms with Crippen LogP contribution < -0.4 is 0 Å². The number of carbonyl (C=O) groups is 2. The van der Waals surface area contributed by atoms with E-state index in [1.54, 1.807) is 0 Å². The zero-order valence-corrected chi connectivity index (χ0v) is 13.0. The molecule has 0 radical (unpaired) electrons. The zero-order chi connectivity index (χ0) is 16.7. The monoisotopic (exact) mass is 322 g/mol. The van der Waals surface area contributed by atoms with Gasteiger partial charge in [-0.2, -0.15) is 0 Å². The minimum absolute atomic E-state index is 0.743. The zero-order valence-electron chi connectivity index (χ0n) is 13.0. The van der Waals surface area contributed by atoms with Crippen LogP contribution in [0.3, 0.4) is 0 Å². The number of piperidine rings is 1. The van der Waals surface area contributed by atoms with Crippen LogP contribution in [-0.4, -0.2) is 58.0 Å². The lowest BCUT2D eigenvalue weighted by molar-refractivity contribution is -0.159. The molecule has 3 rings (SSSR count). The average molecular weight is 322 g/mol. The van der Waals surface area contributed by atoms with Crippen molar-refractivity contribution >= 4 is 17.7 Å². The van der Waals surface area contributed by atoms with E-state index in [4.69, 9.17) is 24.6 Å². The molecule has 23 heavy (non-hydrogen) atoms. The van der Waals surface area contributed by atoms with Gasteiger partial charge >= 0.3 is 11.9 Å². The van der Waals surface area contributed by atoms with E-state index in [1.807, 2.05) is 0 Å². The molecule has 2 unspecified atom stereocenters. The van der Waals surface area contributed by atoms with Crippen LogP contribution in [0.15, 0.2) is 5.16 Å². The maximum atomic E-state index is 9.10. The van der Waals surface area contributed by atoms with Crippen molar-refractivity contribution in [3.8, 4) is 11.8 Å². The van der Waals surface area contributed by atoms with Gasteiger partial charge in [0.15, 0.2) is 0 Å². The summed E-state index contributed by atoms with van der Waals surface area (Å²) in [5, 5.41) is 18.7.